The molecule has 0 aromatic carbocycles. The highest BCUT2D eigenvalue weighted by molar-refractivity contribution is 7.11. The van der Waals surface area contributed by atoms with Crippen LogP contribution in [0.4, 0.5) is 10.8 Å². The van der Waals surface area contributed by atoms with Crippen molar-refractivity contribution in [3.05, 3.63) is 5.56 Å². The largest absolute Gasteiger partial charge is 0.465 e. The Morgan fingerprint density at radius 1 is 1.24 bits per heavy atom. The number of hydrogen-bond donors (Lipinski definition) is 1. The topological polar surface area (TPSA) is 68.5 Å². The SMILES string of the molecule is COC(=O)c1c(N)nsc1N1CCC2(CCCCC2)CC1. The Morgan fingerprint density at radius 2 is 1.90 bits per heavy atom. The number of hydrogen-bond acceptors (Lipinski definition) is 6. The highest BCUT2D eigenvalue weighted by Crippen LogP contribution is 2.46. The lowest BCUT2D eigenvalue weighted by molar-refractivity contribution is 0.0602. The Morgan fingerprint density at radius 3 is 2.52 bits per heavy atom. The molecule has 1 saturated carbocycles. The first-order valence-electron chi connectivity index (χ1n) is 7.74. The van der Waals surface area contributed by atoms with Gasteiger partial charge in [-0.05, 0) is 42.6 Å². The van der Waals surface area contributed by atoms with Crippen LogP contribution in [-0.4, -0.2) is 30.5 Å². The second-order valence-corrected chi connectivity index (χ2v) is 7.04. The third kappa shape index (κ3) is 2.73. The normalized spacial score (nSPS) is 21.5. The van der Waals surface area contributed by atoms with E-state index in [2.05, 4.69) is 9.27 Å². The molecule has 1 spiro atoms. The summed E-state index contributed by atoms with van der Waals surface area (Å²) in [5.74, 6) is -0.0889. The van der Waals surface area contributed by atoms with Gasteiger partial charge in [0.1, 0.15) is 10.6 Å². The number of nitrogens with two attached hydrogens (primary N) is 1. The second-order valence-electron chi connectivity index (χ2n) is 6.29. The average Bonchev–Trinajstić information content (AvgIpc) is 2.90. The van der Waals surface area contributed by atoms with Crippen LogP contribution in [0.15, 0.2) is 0 Å². The predicted octanol–water partition coefficient (Wildman–Crippen LogP) is 3.06. The zero-order valence-corrected chi connectivity index (χ0v) is 13.4. The number of esters is 1. The number of piperidine rings is 1. The summed E-state index contributed by atoms with van der Waals surface area (Å²) in [5.41, 5.74) is 6.83. The van der Waals surface area contributed by atoms with Gasteiger partial charge in [0.15, 0.2) is 5.82 Å². The number of nitrogens with zero attached hydrogens (tertiary/aromatic N) is 2. The molecule has 1 aromatic heterocycles. The van der Waals surface area contributed by atoms with E-state index in [-0.39, 0.29) is 5.97 Å². The van der Waals surface area contributed by atoms with Gasteiger partial charge < -0.3 is 15.4 Å². The first-order chi connectivity index (χ1) is 10.2. The minimum absolute atomic E-state index is 0.291. The van der Waals surface area contributed by atoms with Crippen LogP contribution in [0.5, 0.6) is 0 Å². The molecule has 21 heavy (non-hydrogen) atoms. The number of anilines is 2. The third-order valence-electron chi connectivity index (χ3n) is 5.12. The molecule has 2 aliphatic rings. The van der Waals surface area contributed by atoms with Crippen LogP contribution >= 0.6 is 11.5 Å². The van der Waals surface area contributed by atoms with Crippen molar-refractivity contribution in [1.29, 1.82) is 0 Å². The zero-order chi connectivity index (χ0) is 14.9. The van der Waals surface area contributed by atoms with Gasteiger partial charge in [0, 0.05) is 13.1 Å². The smallest absolute Gasteiger partial charge is 0.344 e. The van der Waals surface area contributed by atoms with E-state index in [1.54, 1.807) is 0 Å². The highest BCUT2D eigenvalue weighted by Gasteiger charge is 2.37. The van der Waals surface area contributed by atoms with Crippen LogP contribution in [-0.2, 0) is 4.74 Å². The van der Waals surface area contributed by atoms with E-state index in [0.29, 0.717) is 16.8 Å². The molecule has 2 N–H and O–H groups in total. The van der Waals surface area contributed by atoms with E-state index in [1.807, 2.05) is 0 Å². The second kappa shape index (κ2) is 5.83. The number of carbonyl (C=O) groups is 1. The van der Waals surface area contributed by atoms with Crippen LogP contribution in [0.25, 0.3) is 0 Å². The van der Waals surface area contributed by atoms with Gasteiger partial charge in [-0.15, -0.1) is 0 Å². The third-order valence-corrected chi connectivity index (χ3v) is 6.04. The maximum atomic E-state index is 11.9. The summed E-state index contributed by atoms with van der Waals surface area (Å²) in [7, 11) is 1.39. The maximum Gasteiger partial charge on any atom is 0.344 e. The van der Waals surface area contributed by atoms with E-state index in [4.69, 9.17) is 10.5 Å². The molecule has 1 aromatic rings. The number of methoxy groups -OCH3 is 1. The van der Waals surface area contributed by atoms with Gasteiger partial charge in [-0.1, -0.05) is 19.3 Å². The summed E-state index contributed by atoms with van der Waals surface area (Å²) in [4.78, 5) is 14.2. The van der Waals surface area contributed by atoms with Crippen molar-refractivity contribution in [2.24, 2.45) is 5.41 Å². The molecule has 0 amide bonds. The van der Waals surface area contributed by atoms with Crippen LogP contribution < -0.4 is 10.6 Å². The molecule has 5 nitrogen and oxygen atoms in total. The maximum absolute atomic E-state index is 11.9. The van der Waals surface area contributed by atoms with Gasteiger partial charge in [0.05, 0.1) is 7.11 Å². The van der Waals surface area contributed by atoms with Gasteiger partial charge in [-0.25, -0.2) is 4.79 Å². The molecule has 1 saturated heterocycles. The van der Waals surface area contributed by atoms with E-state index >= 15 is 0 Å². The lowest BCUT2D eigenvalue weighted by atomic mass is 9.68. The Bertz CT molecular complexity index is 513. The Balaban J connectivity index is 1.74. The molecule has 0 bridgehead atoms. The van der Waals surface area contributed by atoms with Crippen molar-refractivity contribution < 1.29 is 9.53 Å². The first kappa shape index (κ1) is 14.6. The van der Waals surface area contributed by atoms with Crippen molar-refractivity contribution >= 4 is 28.3 Å². The molecule has 0 radical (unpaired) electrons. The fourth-order valence-electron chi connectivity index (χ4n) is 3.79. The van der Waals surface area contributed by atoms with Crippen molar-refractivity contribution in [3.63, 3.8) is 0 Å². The fourth-order valence-corrected chi connectivity index (χ4v) is 4.64. The predicted molar refractivity (Wildman–Crippen MR) is 84.8 cm³/mol. The summed E-state index contributed by atoms with van der Waals surface area (Å²) in [6, 6.07) is 0. The number of nitrogen functional groups attached to an aromatic ring is 1. The summed E-state index contributed by atoms with van der Waals surface area (Å²) < 4.78 is 8.98. The van der Waals surface area contributed by atoms with Crippen LogP contribution in [0, 0.1) is 5.41 Å². The minimum Gasteiger partial charge on any atom is -0.465 e. The molecule has 2 fully saturated rings. The average molecular weight is 309 g/mol. The van der Waals surface area contributed by atoms with Crippen molar-refractivity contribution in [3.8, 4) is 0 Å². The molecule has 0 unspecified atom stereocenters. The van der Waals surface area contributed by atoms with E-state index < -0.39 is 0 Å². The number of carbonyl (C=O) groups excluding carboxylic acids is 1. The Kier molecular flexibility index (Phi) is 4.06. The number of ether oxygens (including phenoxy) is 1. The summed E-state index contributed by atoms with van der Waals surface area (Å²) in [5, 5.41) is 0.880. The quantitative estimate of drug-likeness (QED) is 0.850. The minimum atomic E-state index is -0.380. The zero-order valence-electron chi connectivity index (χ0n) is 12.6. The molecule has 6 heteroatoms. The van der Waals surface area contributed by atoms with Gasteiger partial charge in [0.25, 0.3) is 0 Å². The fraction of sp³-hybridized carbons (Fsp3) is 0.733. The van der Waals surface area contributed by atoms with E-state index in [1.165, 1.54) is 63.6 Å². The van der Waals surface area contributed by atoms with E-state index in [9.17, 15) is 4.79 Å². The summed E-state index contributed by atoms with van der Waals surface area (Å²) in [6.07, 6.45) is 9.31. The molecule has 2 heterocycles. The number of rotatable bonds is 2. The molecule has 0 atom stereocenters. The summed E-state index contributed by atoms with van der Waals surface area (Å²) >= 11 is 1.31. The van der Waals surface area contributed by atoms with E-state index in [0.717, 1.165) is 18.1 Å². The van der Waals surface area contributed by atoms with Crippen molar-refractivity contribution in [1.82, 2.24) is 4.37 Å². The van der Waals surface area contributed by atoms with Gasteiger partial charge >= 0.3 is 5.97 Å². The molecule has 3 rings (SSSR count). The lowest BCUT2D eigenvalue weighted by Crippen LogP contribution is -2.41. The van der Waals surface area contributed by atoms with Crippen molar-refractivity contribution in [2.45, 2.75) is 44.9 Å². The molecular formula is C15H23N3O2S. The Labute approximate surface area is 129 Å². The van der Waals surface area contributed by atoms with Gasteiger partial charge in [-0.3, -0.25) is 0 Å². The molecular weight excluding hydrogens is 286 g/mol. The number of aromatic nitrogens is 1. The van der Waals surface area contributed by atoms with Crippen LogP contribution in [0.3, 0.4) is 0 Å². The van der Waals surface area contributed by atoms with Gasteiger partial charge in [-0.2, -0.15) is 4.37 Å². The molecule has 1 aliphatic carbocycles. The van der Waals surface area contributed by atoms with Crippen molar-refractivity contribution in [2.75, 3.05) is 30.8 Å². The highest BCUT2D eigenvalue weighted by atomic mass is 32.1. The first-order valence-corrected chi connectivity index (χ1v) is 8.51. The molecule has 1 aliphatic heterocycles. The van der Waals surface area contributed by atoms with Gasteiger partial charge in [0.2, 0.25) is 0 Å². The Hall–Kier alpha value is -1.30. The molecule has 116 valence electrons. The monoisotopic (exact) mass is 309 g/mol. The summed E-state index contributed by atoms with van der Waals surface area (Å²) in [6.45, 7) is 1.98. The standard InChI is InChI=1S/C15H23N3O2S/c1-20-14(19)11-12(16)17-21-13(11)18-9-7-15(8-10-18)5-3-2-4-6-15/h2-10H2,1H3,(H2,16,17). The van der Waals surface area contributed by atoms with Crippen LogP contribution in [0.2, 0.25) is 0 Å². The lowest BCUT2D eigenvalue weighted by Gasteiger charge is -2.44. The van der Waals surface area contributed by atoms with Crippen LogP contribution in [0.1, 0.15) is 55.3 Å².